The number of carbonyl (C=O) groups is 1. The van der Waals surface area contributed by atoms with Crippen molar-refractivity contribution in [3.63, 3.8) is 0 Å². The molecule has 1 aliphatic rings. The lowest BCUT2D eigenvalue weighted by Crippen LogP contribution is -2.52. The van der Waals surface area contributed by atoms with E-state index in [1.807, 2.05) is 13.2 Å². The predicted molar refractivity (Wildman–Crippen MR) is 73.4 cm³/mol. The molecule has 4 heteroatoms. The molecule has 0 aromatic carbocycles. The molecule has 0 spiro atoms. The van der Waals surface area contributed by atoms with Crippen LogP contribution in [-0.2, 0) is 9.53 Å². The molecule has 100 valence electrons. The summed E-state index contributed by atoms with van der Waals surface area (Å²) in [5.41, 5.74) is -0.0371. The minimum Gasteiger partial charge on any atom is -0.382 e. The van der Waals surface area contributed by atoms with Gasteiger partial charge in [0.15, 0.2) is 0 Å². The molecule has 1 heterocycles. The van der Waals surface area contributed by atoms with Crippen molar-refractivity contribution < 1.29 is 9.53 Å². The lowest BCUT2D eigenvalue weighted by molar-refractivity contribution is -0.136. The fraction of sp³-hybridized carbons (Fsp3) is 0.923. The fourth-order valence-electron chi connectivity index (χ4n) is 2.82. The highest BCUT2D eigenvalue weighted by Crippen LogP contribution is 2.35. The number of nitrogens with zero attached hydrogens (tertiary/aromatic N) is 1. The van der Waals surface area contributed by atoms with E-state index in [1.165, 1.54) is 0 Å². The van der Waals surface area contributed by atoms with E-state index in [0.29, 0.717) is 6.61 Å². The smallest absolute Gasteiger partial charge is 0.235 e. The molecule has 2 atom stereocenters. The number of hydrogen-bond donors (Lipinski definition) is 0. The number of ether oxygens (including phenoxy) is 1. The van der Waals surface area contributed by atoms with Gasteiger partial charge in [-0.15, -0.1) is 0 Å². The molecule has 1 fully saturated rings. The molecule has 0 aromatic heterocycles. The molecule has 3 nitrogen and oxygen atoms in total. The van der Waals surface area contributed by atoms with Crippen LogP contribution in [-0.4, -0.2) is 48.1 Å². The van der Waals surface area contributed by atoms with E-state index in [9.17, 15) is 4.79 Å². The zero-order chi connectivity index (χ0) is 12.9. The second-order valence-electron chi connectivity index (χ2n) is 4.88. The van der Waals surface area contributed by atoms with E-state index in [0.717, 1.165) is 32.2 Å². The zero-order valence-corrected chi connectivity index (χ0v) is 12.3. The highest BCUT2D eigenvalue weighted by Gasteiger charge is 2.43. The average Bonchev–Trinajstić information content (AvgIpc) is 2.72. The first-order valence-corrected chi connectivity index (χ1v) is 7.73. The highest BCUT2D eigenvalue weighted by molar-refractivity contribution is 7.99. The van der Waals surface area contributed by atoms with Gasteiger partial charge in [0.2, 0.25) is 5.91 Å². The number of likely N-dealkylation sites (tertiary alicyclic amines) is 1. The Morgan fingerprint density at radius 1 is 1.59 bits per heavy atom. The van der Waals surface area contributed by atoms with Crippen molar-refractivity contribution in [2.24, 2.45) is 0 Å². The summed E-state index contributed by atoms with van der Waals surface area (Å²) in [6, 6.07) is 0. The van der Waals surface area contributed by atoms with Crippen molar-refractivity contribution in [1.82, 2.24) is 4.90 Å². The van der Waals surface area contributed by atoms with Crippen molar-refractivity contribution in [2.45, 2.75) is 50.3 Å². The summed E-state index contributed by atoms with van der Waals surface area (Å²) in [4.78, 5) is 14.5. The van der Waals surface area contributed by atoms with Crippen LogP contribution in [0.2, 0.25) is 0 Å². The first-order chi connectivity index (χ1) is 8.11. The Kier molecular flexibility index (Phi) is 5.80. The third-order valence-electron chi connectivity index (χ3n) is 3.69. The average molecular weight is 259 g/mol. The number of thioether (sulfide) groups is 1. The molecule has 0 N–H and O–H groups in total. The summed E-state index contributed by atoms with van der Waals surface area (Å²) >= 11 is 1.62. The van der Waals surface area contributed by atoms with Crippen LogP contribution in [0.3, 0.4) is 0 Å². The van der Waals surface area contributed by atoms with E-state index >= 15 is 0 Å². The lowest BCUT2D eigenvalue weighted by Gasteiger charge is -2.39. The summed E-state index contributed by atoms with van der Waals surface area (Å²) in [5.74, 6) is 0.278. The van der Waals surface area contributed by atoms with Gasteiger partial charge >= 0.3 is 0 Å². The van der Waals surface area contributed by atoms with Gasteiger partial charge in [-0.05, 0) is 32.4 Å². The van der Waals surface area contributed by atoms with Gasteiger partial charge in [-0.3, -0.25) is 4.79 Å². The molecule has 1 aliphatic heterocycles. The Morgan fingerprint density at radius 2 is 2.29 bits per heavy atom. The van der Waals surface area contributed by atoms with Crippen molar-refractivity contribution in [2.75, 3.05) is 26.5 Å². The second-order valence-corrected chi connectivity index (χ2v) is 6.06. The second kappa shape index (κ2) is 6.64. The van der Waals surface area contributed by atoms with Gasteiger partial charge in [-0.1, -0.05) is 13.3 Å². The molecule has 1 amide bonds. The number of carbonyl (C=O) groups excluding carboxylic acids is 1. The number of rotatable bonds is 6. The standard InChI is InChI=1S/C13H25NO2S/c1-5-7-13(10-16-3)8-6-9-14(13)12(15)11(2)17-4/h11H,5-10H2,1-4H3/t11-,13-/m0/s1. The molecule has 17 heavy (non-hydrogen) atoms. The molecule has 0 bridgehead atoms. The Balaban J connectivity index is 2.83. The minimum atomic E-state index is -0.0371. The Bertz CT molecular complexity index is 252. The number of amides is 1. The fourth-order valence-corrected chi connectivity index (χ4v) is 3.15. The quantitative estimate of drug-likeness (QED) is 0.734. The van der Waals surface area contributed by atoms with E-state index in [4.69, 9.17) is 4.74 Å². The Hall–Kier alpha value is -0.220. The van der Waals surface area contributed by atoms with Gasteiger partial charge < -0.3 is 9.64 Å². The zero-order valence-electron chi connectivity index (χ0n) is 11.5. The van der Waals surface area contributed by atoms with E-state index in [1.54, 1.807) is 18.9 Å². The third kappa shape index (κ3) is 3.16. The van der Waals surface area contributed by atoms with Gasteiger partial charge in [0.1, 0.15) is 0 Å². The highest BCUT2D eigenvalue weighted by atomic mass is 32.2. The van der Waals surface area contributed by atoms with Gasteiger partial charge in [0.05, 0.1) is 17.4 Å². The SMILES string of the molecule is CCC[C@@]1(COC)CCCN1C(=O)[C@H](C)SC. The molecule has 0 aromatic rings. The summed E-state index contributed by atoms with van der Waals surface area (Å²) in [7, 11) is 1.73. The molecule has 1 saturated heterocycles. The maximum absolute atomic E-state index is 12.4. The van der Waals surface area contributed by atoms with E-state index in [-0.39, 0.29) is 16.7 Å². The molecule has 0 radical (unpaired) electrons. The number of hydrogen-bond acceptors (Lipinski definition) is 3. The maximum atomic E-state index is 12.4. The minimum absolute atomic E-state index is 0.0371. The maximum Gasteiger partial charge on any atom is 0.235 e. The van der Waals surface area contributed by atoms with Crippen LogP contribution in [0.1, 0.15) is 39.5 Å². The van der Waals surface area contributed by atoms with Crippen LogP contribution < -0.4 is 0 Å². The molecule has 0 aliphatic carbocycles. The van der Waals surface area contributed by atoms with Gasteiger partial charge in [0.25, 0.3) is 0 Å². The van der Waals surface area contributed by atoms with Crippen molar-refractivity contribution >= 4 is 17.7 Å². The van der Waals surface area contributed by atoms with Gasteiger partial charge in [0, 0.05) is 13.7 Å². The topological polar surface area (TPSA) is 29.5 Å². The molecular weight excluding hydrogens is 234 g/mol. The van der Waals surface area contributed by atoms with Gasteiger partial charge in [-0.25, -0.2) is 0 Å². The van der Waals surface area contributed by atoms with E-state index < -0.39 is 0 Å². The summed E-state index contributed by atoms with van der Waals surface area (Å²) in [6.07, 6.45) is 6.34. The normalized spacial score (nSPS) is 26.2. The monoisotopic (exact) mass is 259 g/mol. The molecule has 1 rings (SSSR count). The van der Waals surface area contributed by atoms with Crippen LogP contribution in [0.15, 0.2) is 0 Å². The number of methoxy groups -OCH3 is 1. The van der Waals surface area contributed by atoms with Crippen LogP contribution in [0.5, 0.6) is 0 Å². The first-order valence-electron chi connectivity index (χ1n) is 6.44. The van der Waals surface area contributed by atoms with E-state index in [2.05, 4.69) is 11.8 Å². The largest absolute Gasteiger partial charge is 0.382 e. The third-order valence-corrected chi connectivity index (χ3v) is 4.60. The summed E-state index contributed by atoms with van der Waals surface area (Å²) in [6.45, 7) is 5.74. The van der Waals surface area contributed by atoms with Gasteiger partial charge in [-0.2, -0.15) is 11.8 Å². The van der Waals surface area contributed by atoms with Crippen LogP contribution >= 0.6 is 11.8 Å². The Labute approximate surface area is 109 Å². The van der Waals surface area contributed by atoms with Crippen molar-refractivity contribution in [3.05, 3.63) is 0 Å². The summed E-state index contributed by atoms with van der Waals surface area (Å²) in [5, 5.41) is 0.0567. The van der Waals surface area contributed by atoms with Crippen LogP contribution in [0.4, 0.5) is 0 Å². The van der Waals surface area contributed by atoms with Crippen LogP contribution in [0, 0.1) is 0 Å². The van der Waals surface area contributed by atoms with Crippen LogP contribution in [0.25, 0.3) is 0 Å². The molecular formula is C13H25NO2S. The lowest BCUT2D eigenvalue weighted by atomic mass is 9.91. The summed E-state index contributed by atoms with van der Waals surface area (Å²) < 4.78 is 5.37. The molecule has 0 unspecified atom stereocenters. The van der Waals surface area contributed by atoms with Crippen molar-refractivity contribution in [3.8, 4) is 0 Å². The molecule has 0 saturated carbocycles. The Morgan fingerprint density at radius 3 is 2.82 bits per heavy atom. The van der Waals surface area contributed by atoms with Crippen molar-refractivity contribution in [1.29, 1.82) is 0 Å². The predicted octanol–water partition coefficient (Wildman–Crippen LogP) is 2.55. The first kappa shape index (κ1) is 14.8.